The van der Waals surface area contributed by atoms with Gasteiger partial charge >= 0.3 is 0 Å². The monoisotopic (exact) mass is 337 g/mol. The molecule has 0 spiro atoms. The predicted molar refractivity (Wildman–Crippen MR) is 83.9 cm³/mol. The van der Waals surface area contributed by atoms with Gasteiger partial charge in [0.25, 0.3) is 0 Å². The Labute approximate surface area is 128 Å². The summed E-state index contributed by atoms with van der Waals surface area (Å²) < 4.78 is 8.79. The SMILES string of the molecule is CCCNCc1cccc(Br)c1OCCn1cccn1. The summed E-state index contributed by atoms with van der Waals surface area (Å²) in [6.07, 6.45) is 4.84. The van der Waals surface area contributed by atoms with E-state index in [2.05, 4.69) is 39.3 Å². The lowest BCUT2D eigenvalue weighted by molar-refractivity contribution is 0.286. The molecule has 0 aliphatic heterocycles. The molecule has 1 N–H and O–H groups in total. The van der Waals surface area contributed by atoms with Crippen LogP contribution in [0.5, 0.6) is 5.75 Å². The summed E-state index contributed by atoms with van der Waals surface area (Å²) in [6.45, 7) is 5.35. The first-order valence-electron chi connectivity index (χ1n) is 6.89. The van der Waals surface area contributed by atoms with Gasteiger partial charge in [-0.2, -0.15) is 5.10 Å². The highest BCUT2D eigenvalue weighted by atomic mass is 79.9. The number of benzene rings is 1. The summed E-state index contributed by atoms with van der Waals surface area (Å²) in [7, 11) is 0. The molecule has 2 aromatic rings. The van der Waals surface area contributed by atoms with Gasteiger partial charge in [0.15, 0.2) is 0 Å². The van der Waals surface area contributed by atoms with E-state index in [0.717, 1.165) is 36.3 Å². The van der Waals surface area contributed by atoms with Crippen molar-refractivity contribution in [2.75, 3.05) is 13.2 Å². The van der Waals surface area contributed by atoms with Crippen LogP contribution in [0.2, 0.25) is 0 Å². The summed E-state index contributed by atoms with van der Waals surface area (Å²) in [5, 5.41) is 7.57. The van der Waals surface area contributed by atoms with Crippen LogP contribution in [0.4, 0.5) is 0 Å². The average Bonchev–Trinajstić information content (AvgIpc) is 2.95. The van der Waals surface area contributed by atoms with Crippen LogP contribution in [0.1, 0.15) is 18.9 Å². The van der Waals surface area contributed by atoms with E-state index < -0.39 is 0 Å². The smallest absolute Gasteiger partial charge is 0.138 e. The van der Waals surface area contributed by atoms with Crippen LogP contribution in [0.3, 0.4) is 0 Å². The van der Waals surface area contributed by atoms with Crippen molar-refractivity contribution in [2.24, 2.45) is 0 Å². The van der Waals surface area contributed by atoms with Gasteiger partial charge in [-0.05, 0) is 41.0 Å². The Balaban J connectivity index is 1.94. The van der Waals surface area contributed by atoms with E-state index >= 15 is 0 Å². The number of rotatable bonds is 8. The van der Waals surface area contributed by atoms with Crippen molar-refractivity contribution in [2.45, 2.75) is 26.4 Å². The van der Waals surface area contributed by atoms with Gasteiger partial charge < -0.3 is 10.1 Å². The van der Waals surface area contributed by atoms with Crippen LogP contribution in [-0.4, -0.2) is 22.9 Å². The third kappa shape index (κ3) is 4.35. The summed E-state index contributed by atoms with van der Waals surface area (Å²) in [6, 6.07) is 8.05. The maximum absolute atomic E-state index is 5.92. The standard InChI is InChI=1S/C15H20BrN3O/c1-2-7-17-12-13-5-3-6-14(16)15(13)20-11-10-19-9-4-8-18-19/h3-6,8-9,17H,2,7,10-12H2,1H3. The average molecular weight is 338 g/mol. The number of halogens is 1. The topological polar surface area (TPSA) is 39.1 Å². The van der Waals surface area contributed by atoms with Crippen molar-refractivity contribution in [3.8, 4) is 5.75 Å². The fourth-order valence-electron chi connectivity index (χ4n) is 1.93. The zero-order valence-electron chi connectivity index (χ0n) is 11.7. The minimum absolute atomic E-state index is 0.602. The molecule has 0 saturated carbocycles. The van der Waals surface area contributed by atoms with E-state index in [-0.39, 0.29) is 0 Å². The molecule has 0 saturated heterocycles. The Hall–Kier alpha value is -1.33. The summed E-state index contributed by atoms with van der Waals surface area (Å²) in [5.74, 6) is 0.920. The third-order valence-corrected chi connectivity index (χ3v) is 3.54. The van der Waals surface area contributed by atoms with Gasteiger partial charge in [-0.15, -0.1) is 0 Å². The first kappa shape index (κ1) is 15.1. The van der Waals surface area contributed by atoms with Crippen LogP contribution in [0.25, 0.3) is 0 Å². The second kappa shape index (κ2) is 8.07. The van der Waals surface area contributed by atoms with Gasteiger partial charge in [-0.1, -0.05) is 19.1 Å². The Bertz CT molecular complexity index is 514. The first-order chi connectivity index (χ1) is 9.81. The maximum Gasteiger partial charge on any atom is 0.138 e. The number of hydrogen-bond acceptors (Lipinski definition) is 3. The van der Waals surface area contributed by atoms with E-state index in [1.54, 1.807) is 6.20 Å². The molecule has 0 fully saturated rings. The quantitative estimate of drug-likeness (QED) is 0.751. The van der Waals surface area contributed by atoms with Crippen molar-refractivity contribution < 1.29 is 4.74 Å². The molecule has 0 aliphatic carbocycles. The number of ether oxygens (including phenoxy) is 1. The van der Waals surface area contributed by atoms with Gasteiger partial charge in [-0.25, -0.2) is 0 Å². The van der Waals surface area contributed by atoms with Crippen molar-refractivity contribution in [1.82, 2.24) is 15.1 Å². The predicted octanol–water partition coefficient (Wildman–Crippen LogP) is 3.22. The molecular weight excluding hydrogens is 318 g/mol. The van der Waals surface area contributed by atoms with Crippen LogP contribution in [0.15, 0.2) is 41.1 Å². The fourth-order valence-corrected chi connectivity index (χ4v) is 2.45. The van der Waals surface area contributed by atoms with Crippen molar-refractivity contribution >= 4 is 15.9 Å². The lowest BCUT2D eigenvalue weighted by Crippen LogP contribution is -2.16. The molecule has 20 heavy (non-hydrogen) atoms. The zero-order valence-corrected chi connectivity index (χ0v) is 13.3. The van der Waals surface area contributed by atoms with Crippen LogP contribution < -0.4 is 10.1 Å². The number of nitrogens with zero attached hydrogens (tertiary/aromatic N) is 2. The second-order valence-electron chi connectivity index (χ2n) is 4.52. The molecule has 2 rings (SSSR count). The second-order valence-corrected chi connectivity index (χ2v) is 5.38. The van der Waals surface area contributed by atoms with Crippen molar-refractivity contribution in [1.29, 1.82) is 0 Å². The summed E-state index contributed by atoms with van der Waals surface area (Å²) in [5.41, 5.74) is 1.17. The highest BCUT2D eigenvalue weighted by Gasteiger charge is 2.07. The van der Waals surface area contributed by atoms with Gasteiger partial charge in [-0.3, -0.25) is 4.68 Å². The van der Waals surface area contributed by atoms with Gasteiger partial charge in [0, 0.05) is 24.5 Å². The Morgan fingerprint density at radius 3 is 3.00 bits per heavy atom. The molecule has 0 radical (unpaired) electrons. The van der Waals surface area contributed by atoms with Crippen LogP contribution in [-0.2, 0) is 13.1 Å². The molecule has 0 amide bonds. The van der Waals surface area contributed by atoms with Gasteiger partial charge in [0.05, 0.1) is 11.0 Å². The lowest BCUT2D eigenvalue weighted by Gasteiger charge is -2.14. The van der Waals surface area contributed by atoms with E-state index in [1.165, 1.54) is 5.56 Å². The minimum Gasteiger partial charge on any atom is -0.490 e. The van der Waals surface area contributed by atoms with E-state index in [9.17, 15) is 0 Å². The largest absolute Gasteiger partial charge is 0.490 e. The van der Waals surface area contributed by atoms with Gasteiger partial charge in [0.2, 0.25) is 0 Å². The molecule has 108 valence electrons. The van der Waals surface area contributed by atoms with E-state index in [0.29, 0.717) is 6.61 Å². The van der Waals surface area contributed by atoms with Gasteiger partial charge in [0.1, 0.15) is 12.4 Å². The van der Waals surface area contributed by atoms with Crippen LogP contribution in [0, 0.1) is 0 Å². The zero-order chi connectivity index (χ0) is 14.2. The Kier molecular flexibility index (Phi) is 6.08. The Morgan fingerprint density at radius 1 is 1.35 bits per heavy atom. The number of nitrogens with one attached hydrogen (secondary N) is 1. The van der Waals surface area contributed by atoms with E-state index in [1.807, 2.05) is 29.1 Å². The van der Waals surface area contributed by atoms with Crippen molar-refractivity contribution in [3.05, 3.63) is 46.7 Å². The number of para-hydroxylation sites is 1. The summed E-state index contributed by atoms with van der Waals surface area (Å²) >= 11 is 3.56. The third-order valence-electron chi connectivity index (χ3n) is 2.92. The maximum atomic E-state index is 5.92. The number of aromatic nitrogens is 2. The van der Waals surface area contributed by atoms with Crippen molar-refractivity contribution in [3.63, 3.8) is 0 Å². The van der Waals surface area contributed by atoms with E-state index in [4.69, 9.17) is 4.74 Å². The lowest BCUT2D eigenvalue weighted by atomic mass is 10.2. The number of hydrogen-bond donors (Lipinski definition) is 1. The first-order valence-corrected chi connectivity index (χ1v) is 7.69. The molecule has 1 heterocycles. The molecule has 0 bridgehead atoms. The van der Waals surface area contributed by atoms with Crippen LogP contribution >= 0.6 is 15.9 Å². The molecule has 1 aromatic heterocycles. The fraction of sp³-hybridized carbons (Fsp3) is 0.400. The Morgan fingerprint density at radius 2 is 2.25 bits per heavy atom. The molecule has 1 aromatic carbocycles. The molecular formula is C15H20BrN3O. The molecule has 4 nitrogen and oxygen atoms in total. The minimum atomic E-state index is 0.602. The molecule has 5 heteroatoms. The molecule has 0 atom stereocenters. The normalized spacial score (nSPS) is 10.7. The highest BCUT2D eigenvalue weighted by molar-refractivity contribution is 9.10. The highest BCUT2D eigenvalue weighted by Crippen LogP contribution is 2.29. The molecule has 0 aliphatic rings. The molecule has 0 unspecified atom stereocenters. The summed E-state index contributed by atoms with van der Waals surface area (Å²) in [4.78, 5) is 0.